The number of anilines is 1. The van der Waals surface area contributed by atoms with E-state index in [0.29, 0.717) is 0 Å². The Balaban J connectivity index is 1.62. The van der Waals surface area contributed by atoms with E-state index in [2.05, 4.69) is 15.5 Å². The van der Waals surface area contributed by atoms with Crippen molar-refractivity contribution in [2.75, 3.05) is 38.0 Å². The maximum absolute atomic E-state index is 11.1. The average molecular weight is 274 g/mol. The first-order valence-corrected chi connectivity index (χ1v) is 7.51. The SMILES string of the molecule is O=CC(CCCCN1CC[N]CC1)Nc1ccccc1. The number of carbonyl (C=O) groups excluding carboxylic acids is 1. The molecule has 0 spiro atoms. The van der Waals surface area contributed by atoms with Gasteiger partial charge in [0.05, 0.1) is 6.04 Å². The highest BCUT2D eigenvalue weighted by atomic mass is 16.1. The predicted molar refractivity (Wildman–Crippen MR) is 82.1 cm³/mol. The Labute approximate surface area is 121 Å². The molecule has 1 atom stereocenters. The topological polar surface area (TPSA) is 46.4 Å². The molecule has 0 saturated carbocycles. The summed E-state index contributed by atoms with van der Waals surface area (Å²) in [5.74, 6) is 0. The zero-order valence-corrected chi connectivity index (χ0v) is 12.0. The minimum Gasteiger partial charge on any atom is -0.376 e. The van der Waals surface area contributed by atoms with E-state index in [1.54, 1.807) is 0 Å². The maximum Gasteiger partial charge on any atom is 0.142 e. The van der Waals surface area contributed by atoms with E-state index in [0.717, 1.165) is 64.0 Å². The van der Waals surface area contributed by atoms with Crippen molar-refractivity contribution < 1.29 is 4.79 Å². The number of hydrogen-bond donors (Lipinski definition) is 1. The summed E-state index contributed by atoms with van der Waals surface area (Å²) in [5.41, 5.74) is 1.02. The number of nitrogens with zero attached hydrogens (tertiary/aromatic N) is 2. The largest absolute Gasteiger partial charge is 0.376 e. The highest BCUT2D eigenvalue weighted by molar-refractivity contribution is 5.64. The summed E-state index contributed by atoms with van der Waals surface area (Å²) in [6, 6.07) is 9.85. The van der Waals surface area contributed by atoms with Crippen molar-refractivity contribution in [3.05, 3.63) is 30.3 Å². The molecule has 1 aromatic rings. The molecule has 1 radical (unpaired) electrons. The number of hydrogen-bond acceptors (Lipinski definition) is 3. The second-order valence-electron chi connectivity index (χ2n) is 5.26. The van der Waals surface area contributed by atoms with E-state index in [9.17, 15) is 4.79 Å². The molecule has 1 heterocycles. The molecule has 2 rings (SSSR count). The lowest BCUT2D eigenvalue weighted by atomic mass is 10.1. The van der Waals surface area contributed by atoms with Gasteiger partial charge in [0.25, 0.3) is 0 Å². The summed E-state index contributed by atoms with van der Waals surface area (Å²) in [6.07, 6.45) is 4.15. The van der Waals surface area contributed by atoms with Crippen LogP contribution in [0.1, 0.15) is 19.3 Å². The number of carbonyl (C=O) groups is 1. The molecule has 1 aliphatic heterocycles. The van der Waals surface area contributed by atoms with Gasteiger partial charge in [-0.1, -0.05) is 18.2 Å². The van der Waals surface area contributed by atoms with Crippen LogP contribution in [-0.4, -0.2) is 50.0 Å². The Morgan fingerprint density at radius 3 is 2.65 bits per heavy atom. The number of piperazine rings is 1. The van der Waals surface area contributed by atoms with Gasteiger partial charge in [-0.25, -0.2) is 5.32 Å². The molecule has 1 N–H and O–H groups in total. The molecule has 0 aliphatic carbocycles. The van der Waals surface area contributed by atoms with Crippen LogP contribution in [0.5, 0.6) is 0 Å². The maximum atomic E-state index is 11.1. The summed E-state index contributed by atoms with van der Waals surface area (Å²) >= 11 is 0. The van der Waals surface area contributed by atoms with E-state index in [4.69, 9.17) is 0 Å². The first-order valence-electron chi connectivity index (χ1n) is 7.51. The minimum absolute atomic E-state index is 0.0752. The van der Waals surface area contributed by atoms with Crippen molar-refractivity contribution in [1.82, 2.24) is 10.2 Å². The Morgan fingerprint density at radius 2 is 1.95 bits per heavy atom. The Hall–Kier alpha value is -1.39. The zero-order valence-electron chi connectivity index (χ0n) is 12.0. The fourth-order valence-corrected chi connectivity index (χ4v) is 2.49. The van der Waals surface area contributed by atoms with E-state index >= 15 is 0 Å². The summed E-state index contributed by atoms with van der Waals surface area (Å²) in [7, 11) is 0. The standard InChI is InChI=1S/C16H24N3O/c20-14-16(18-15-6-2-1-3-7-15)8-4-5-11-19-12-9-17-10-13-19/h1-3,6-7,14,16,18H,4-5,8-13H2. The lowest BCUT2D eigenvalue weighted by Gasteiger charge is -2.26. The Bertz CT molecular complexity index is 377. The molecule has 0 aromatic heterocycles. The quantitative estimate of drug-likeness (QED) is 0.580. The van der Waals surface area contributed by atoms with Gasteiger partial charge in [0.2, 0.25) is 0 Å². The van der Waals surface area contributed by atoms with Crippen LogP contribution in [0.4, 0.5) is 5.69 Å². The molecule has 4 heteroatoms. The van der Waals surface area contributed by atoms with Crippen LogP contribution in [0.2, 0.25) is 0 Å². The van der Waals surface area contributed by atoms with Crippen LogP contribution in [0.15, 0.2) is 30.3 Å². The first-order chi connectivity index (χ1) is 9.88. The number of para-hydroxylation sites is 1. The van der Waals surface area contributed by atoms with Crippen molar-refractivity contribution >= 4 is 12.0 Å². The van der Waals surface area contributed by atoms with Crippen molar-refractivity contribution in [1.29, 1.82) is 0 Å². The van der Waals surface area contributed by atoms with Gasteiger partial charge >= 0.3 is 0 Å². The lowest BCUT2D eigenvalue weighted by Crippen LogP contribution is -2.40. The average Bonchev–Trinajstić information content (AvgIpc) is 2.52. The van der Waals surface area contributed by atoms with Gasteiger partial charge in [0.15, 0.2) is 0 Å². The van der Waals surface area contributed by atoms with Crippen molar-refractivity contribution in [3.63, 3.8) is 0 Å². The monoisotopic (exact) mass is 274 g/mol. The molecule has 1 aromatic carbocycles. The number of nitrogens with one attached hydrogen (secondary N) is 1. The highest BCUT2D eigenvalue weighted by Crippen LogP contribution is 2.10. The molecule has 1 saturated heterocycles. The number of rotatable bonds is 8. The lowest BCUT2D eigenvalue weighted by molar-refractivity contribution is -0.108. The van der Waals surface area contributed by atoms with Gasteiger partial charge in [0.1, 0.15) is 6.29 Å². The fraction of sp³-hybridized carbons (Fsp3) is 0.562. The highest BCUT2D eigenvalue weighted by Gasteiger charge is 2.10. The second-order valence-corrected chi connectivity index (χ2v) is 5.26. The molecule has 1 unspecified atom stereocenters. The van der Waals surface area contributed by atoms with Gasteiger partial charge in [-0.2, -0.15) is 0 Å². The molecular formula is C16H24N3O. The molecule has 0 bridgehead atoms. The smallest absolute Gasteiger partial charge is 0.142 e. The molecule has 1 fully saturated rings. The summed E-state index contributed by atoms with van der Waals surface area (Å²) in [5, 5.41) is 7.62. The molecule has 4 nitrogen and oxygen atoms in total. The zero-order chi connectivity index (χ0) is 14.0. The van der Waals surface area contributed by atoms with Crippen LogP contribution in [-0.2, 0) is 4.79 Å². The van der Waals surface area contributed by atoms with E-state index in [1.165, 1.54) is 0 Å². The molecule has 1 aliphatic rings. The summed E-state index contributed by atoms with van der Waals surface area (Å²) < 4.78 is 0. The van der Waals surface area contributed by atoms with Gasteiger partial charge in [-0.05, 0) is 37.9 Å². The fourth-order valence-electron chi connectivity index (χ4n) is 2.49. The van der Waals surface area contributed by atoms with Gasteiger partial charge in [0, 0.05) is 31.9 Å². The predicted octanol–water partition coefficient (Wildman–Crippen LogP) is 1.76. The number of unbranched alkanes of at least 4 members (excludes halogenated alkanes) is 1. The number of aldehydes is 1. The Kier molecular flexibility index (Phi) is 6.54. The van der Waals surface area contributed by atoms with Gasteiger partial charge < -0.3 is 15.0 Å². The number of benzene rings is 1. The van der Waals surface area contributed by atoms with Crippen molar-refractivity contribution in [3.8, 4) is 0 Å². The van der Waals surface area contributed by atoms with Crippen LogP contribution >= 0.6 is 0 Å². The summed E-state index contributed by atoms with van der Waals surface area (Å²) in [6.45, 7) is 5.28. The third kappa shape index (κ3) is 5.31. The van der Waals surface area contributed by atoms with Crippen LogP contribution in [0, 0.1) is 0 Å². The van der Waals surface area contributed by atoms with Crippen LogP contribution in [0.25, 0.3) is 0 Å². The van der Waals surface area contributed by atoms with E-state index in [1.807, 2.05) is 30.3 Å². The van der Waals surface area contributed by atoms with Crippen LogP contribution in [0.3, 0.4) is 0 Å². The molecular weight excluding hydrogens is 250 g/mol. The molecule has 109 valence electrons. The molecule has 20 heavy (non-hydrogen) atoms. The normalized spacial score (nSPS) is 17.6. The van der Waals surface area contributed by atoms with Gasteiger partial charge in [-0.15, -0.1) is 0 Å². The summed E-state index contributed by atoms with van der Waals surface area (Å²) in [4.78, 5) is 13.6. The third-order valence-corrected chi connectivity index (χ3v) is 3.68. The first kappa shape index (κ1) is 15.0. The van der Waals surface area contributed by atoms with Crippen molar-refractivity contribution in [2.45, 2.75) is 25.3 Å². The van der Waals surface area contributed by atoms with E-state index in [-0.39, 0.29) is 6.04 Å². The van der Waals surface area contributed by atoms with E-state index < -0.39 is 0 Å². The third-order valence-electron chi connectivity index (χ3n) is 3.68. The van der Waals surface area contributed by atoms with Crippen LogP contribution < -0.4 is 10.6 Å². The second kappa shape index (κ2) is 8.72. The Morgan fingerprint density at radius 1 is 1.20 bits per heavy atom. The molecule has 0 amide bonds. The minimum atomic E-state index is -0.0752. The van der Waals surface area contributed by atoms with Gasteiger partial charge in [-0.3, -0.25) is 0 Å². The van der Waals surface area contributed by atoms with Crippen molar-refractivity contribution in [2.24, 2.45) is 0 Å².